The van der Waals surface area contributed by atoms with Gasteiger partial charge < -0.3 is 14.6 Å². The van der Waals surface area contributed by atoms with Crippen molar-refractivity contribution in [3.8, 4) is 0 Å². The highest BCUT2D eigenvalue weighted by atomic mass is 16.6. The average Bonchev–Trinajstić information content (AvgIpc) is 3.39. The highest BCUT2D eigenvalue weighted by Crippen LogP contribution is 2.53. The first-order chi connectivity index (χ1) is 19.4. The summed E-state index contributed by atoms with van der Waals surface area (Å²) >= 11 is 0. The minimum Gasteiger partial charge on any atom is -0.458 e. The van der Waals surface area contributed by atoms with Gasteiger partial charge in [-0.3, -0.25) is 4.79 Å². The second-order valence-corrected chi connectivity index (χ2v) is 12.3. The van der Waals surface area contributed by atoms with Crippen LogP contribution in [0.25, 0.3) is 27.4 Å². The van der Waals surface area contributed by atoms with Gasteiger partial charge in [-0.05, 0) is 85.3 Å². The summed E-state index contributed by atoms with van der Waals surface area (Å²) in [6.07, 6.45) is 8.45. The lowest BCUT2D eigenvalue weighted by atomic mass is 9.60. The average molecular weight is 536 g/mol. The molecule has 5 heteroatoms. The van der Waals surface area contributed by atoms with Crippen LogP contribution in [0.3, 0.4) is 0 Å². The van der Waals surface area contributed by atoms with E-state index in [9.17, 15) is 4.79 Å². The van der Waals surface area contributed by atoms with Crippen LogP contribution in [0.1, 0.15) is 57.3 Å². The zero-order valence-electron chi connectivity index (χ0n) is 24.0. The van der Waals surface area contributed by atoms with Crippen LogP contribution < -0.4 is 0 Å². The molecule has 0 unspecified atom stereocenters. The van der Waals surface area contributed by atoms with E-state index in [1.54, 1.807) is 0 Å². The Balaban J connectivity index is 1.14. The highest BCUT2D eigenvalue weighted by Gasteiger charge is 2.50. The van der Waals surface area contributed by atoms with Gasteiger partial charge in [0, 0.05) is 25.3 Å². The van der Waals surface area contributed by atoms with Crippen molar-refractivity contribution in [1.29, 1.82) is 0 Å². The van der Waals surface area contributed by atoms with Gasteiger partial charge in [-0.25, -0.2) is 4.98 Å². The Kier molecular flexibility index (Phi) is 7.50. The Labute approximate surface area is 237 Å². The summed E-state index contributed by atoms with van der Waals surface area (Å²) in [6, 6.07) is 23.6. The van der Waals surface area contributed by atoms with Crippen LogP contribution in [-0.2, 0) is 16.0 Å². The first kappa shape index (κ1) is 26.8. The lowest BCUT2D eigenvalue weighted by Crippen LogP contribution is -2.51. The molecule has 0 radical (unpaired) electrons. The van der Waals surface area contributed by atoms with Crippen LogP contribution in [0.15, 0.2) is 72.8 Å². The fourth-order valence-corrected chi connectivity index (χ4v) is 6.78. The number of ether oxygens (including phenoxy) is 1. The molecule has 3 aromatic carbocycles. The van der Waals surface area contributed by atoms with Gasteiger partial charge in [0.25, 0.3) is 0 Å². The Bertz CT molecular complexity index is 1500. The fraction of sp³-hybridized carbons (Fsp3) is 0.429. The molecule has 4 aromatic rings. The number of carbonyl (C=O) groups excluding carboxylic acids is 1. The Morgan fingerprint density at radius 2 is 1.85 bits per heavy atom. The zero-order valence-corrected chi connectivity index (χ0v) is 24.0. The molecule has 1 fully saturated rings. The standard InChI is InChI=1S/C35H41N3O2/c1-24(2)34(39)40-35(18-20-38(3)19-8-13-33-36-31-11-6-7-12-32(31)37-33)23-28-16-17-29(35)22-30(28)27-15-14-25-9-4-5-10-26(25)21-27/h4-7,9-12,14-15,21-22,24,28-29H,8,13,16-20,23H2,1-3H3,(H,36,37)/t28-,29-,35+/m0/s1. The minimum absolute atomic E-state index is 0.0688. The molecule has 0 aliphatic heterocycles. The van der Waals surface area contributed by atoms with Crippen molar-refractivity contribution in [2.45, 2.75) is 58.0 Å². The van der Waals surface area contributed by atoms with Crippen molar-refractivity contribution in [2.75, 3.05) is 20.1 Å². The van der Waals surface area contributed by atoms with Crippen molar-refractivity contribution in [3.63, 3.8) is 0 Å². The number of H-pyrrole nitrogens is 1. The van der Waals surface area contributed by atoms with E-state index in [4.69, 9.17) is 9.72 Å². The van der Waals surface area contributed by atoms with E-state index in [1.807, 2.05) is 26.0 Å². The number of imidazole rings is 1. The summed E-state index contributed by atoms with van der Waals surface area (Å²) in [4.78, 5) is 23.5. The van der Waals surface area contributed by atoms with Gasteiger partial charge in [0.2, 0.25) is 0 Å². The number of aromatic nitrogens is 2. The van der Waals surface area contributed by atoms with Gasteiger partial charge in [0.15, 0.2) is 0 Å². The molecule has 0 amide bonds. The predicted molar refractivity (Wildman–Crippen MR) is 163 cm³/mol. The molecule has 1 N–H and O–H groups in total. The fourth-order valence-electron chi connectivity index (χ4n) is 6.78. The van der Waals surface area contributed by atoms with Crippen LogP contribution >= 0.6 is 0 Å². The number of nitrogens with one attached hydrogen (secondary N) is 1. The van der Waals surface area contributed by atoms with E-state index < -0.39 is 5.60 Å². The number of fused-ring (bicyclic) bond motifs is 4. The third kappa shape index (κ3) is 5.44. The molecule has 1 heterocycles. The number of carbonyl (C=O) groups is 1. The third-order valence-corrected chi connectivity index (χ3v) is 9.08. The SMILES string of the molecule is CC(C)C(=O)O[C@]1(CCN(C)CCCc2nc3ccccc3[nH]2)C[C@@H]2CC[C@H]1C=C2c1ccc2ccccc2c1. The van der Waals surface area contributed by atoms with E-state index in [1.165, 1.54) is 21.9 Å². The number of esters is 1. The number of nitrogens with zero attached hydrogens (tertiary/aromatic N) is 2. The molecule has 2 bridgehead atoms. The smallest absolute Gasteiger partial charge is 0.308 e. The van der Waals surface area contributed by atoms with Crippen molar-refractivity contribution < 1.29 is 9.53 Å². The summed E-state index contributed by atoms with van der Waals surface area (Å²) in [5, 5.41) is 2.56. The van der Waals surface area contributed by atoms with Crippen molar-refractivity contribution in [2.24, 2.45) is 17.8 Å². The molecule has 3 aliphatic rings. The molecular weight excluding hydrogens is 494 g/mol. The van der Waals surface area contributed by atoms with Gasteiger partial charge in [0.1, 0.15) is 11.4 Å². The number of para-hydroxylation sites is 2. The van der Waals surface area contributed by atoms with E-state index in [-0.39, 0.29) is 17.8 Å². The summed E-state index contributed by atoms with van der Waals surface area (Å²) < 4.78 is 6.46. The maximum absolute atomic E-state index is 13.0. The maximum Gasteiger partial charge on any atom is 0.308 e. The van der Waals surface area contributed by atoms with Gasteiger partial charge in [-0.2, -0.15) is 0 Å². The van der Waals surface area contributed by atoms with Crippen LogP contribution in [0, 0.1) is 17.8 Å². The monoisotopic (exact) mass is 535 g/mol. The van der Waals surface area contributed by atoms with Gasteiger partial charge >= 0.3 is 5.97 Å². The Morgan fingerprint density at radius 1 is 1.05 bits per heavy atom. The first-order valence-corrected chi connectivity index (χ1v) is 15.0. The third-order valence-electron chi connectivity index (χ3n) is 9.08. The van der Waals surface area contributed by atoms with Crippen LogP contribution in [0.2, 0.25) is 0 Å². The van der Waals surface area contributed by atoms with E-state index in [0.29, 0.717) is 5.92 Å². The molecule has 3 aliphatic carbocycles. The molecule has 208 valence electrons. The summed E-state index contributed by atoms with van der Waals surface area (Å²) in [5.41, 5.74) is 4.47. The molecule has 1 aromatic heterocycles. The quantitative estimate of drug-likeness (QED) is 0.215. The van der Waals surface area contributed by atoms with E-state index in [2.05, 4.69) is 77.6 Å². The molecule has 0 spiro atoms. The Morgan fingerprint density at radius 3 is 2.62 bits per heavy atom. The number of aromatic amines is 1. The van der Waals surface area contributed by atoms with Crippen molar-refractivity contribution in [3.05, 3.63) is 84.2 Å². The van der Waals surface area contributed by atoms with Gasteiger partial charge in [-0.15, -0.1) is 0 Å². The number of allylic oxidation sites excluding steroid dienone is 1. The molecule has 40 heavy (non-hydrogen) atoms. The largest absolute Gasteiger partial charge is 0.458 e. The molecule has 0 saturated heterocycles. The van der Waals surface area contributed by atoms with Gasteiger partial charge in [0.05, 0.1) is 17.0 Å². The summed E-state index contributed by atoms with van der Waals surface area (Å²) in [6.45, 7) is 5.78. The lowest BCUT2D eigenvalue weighted by molar-refractivity contribution is -0.176. The number of aryl methyl sites for hydroxylation is 1. The predicted octanol–water partition coefficient (Wildman–Crippen LogP) is 7.42. The van der Waals surface area contributed by atoms with Gasteiger partial charge in [-0.1, -0.05) is 68.5 Å². The Hall–Kier alpha value is -3.44. The number of benzene rings is 3. The van der Waals surface area contributed by atoms with Crippen LogP contribution in [0.5, 0.6) is 0 Å². The lowest BCUT2D eigenvalue weighted by Gasteiger charge is -2.50. The maximum atomic E-state index is 13.0. The normalized spacial score (nSPS) is 22.4. The molecule has 1 saturated carbocycles. The molecule has 3 atom stereocenters. The summed E-state index contributed by atoms with van der Waals surface area (Å²) in [7, 11) is 2.19. The summed E-state index contributed by atoms with van der Waals surface area (Å²) in [5.74, 6) is 1.53. The number of hydrogen-bond acceptors (Lipinski definition) is 4. The van der Waals surface area contributed by atoms with Crippen LogP contribution in [0.4, 0.5) is 0 Å². The van der Waals surface area contributed by atoms with Crippen molar-refractivity contribution >= 4 is 33.3 Å². The molecule has 5 nitrogen and oxygen atoms in total. The van der Waals surface area contributed by atoms with E-state index >= 15 is 0 Å². The number of rotatable bonds is 10. The van der Waals surface area contributed by atoms with Crippen molar-refractivity contribution in [1.82, 2.24) is 14.9 Å². The molecule has 7 rings (SSSR count). The molecular formula is C35H41N3O2. The minimum atomic E-state index is -0.419. The number of hydrogen-bond donors (Lipinski definition) is 1. The zero-order chi connectivity index (χ0) is 27.7. The first-order valence-electron chi connectivity index (χ1n) is 15.0. The second-order valence-electron chi connectivity index (χ2n) is 12.3. The van der Waals surface area contributed by atoms with Crippen LogP contribution in [-0.4, -0.2) is 46.6 Å². The topological polar surface area (TPSA) is 58.2 Å². The van der Waals surface area contributed by atoms with E-state index in [0.717, 1.165) is 68.5 Å². The highest BCUT2D eigenvalue weighted by molar-refractivity contribution is 5.87. The second kappa shape index (κ2) is 11.2.